The predicted octanol–water partition coefficient (Wildman–Crippen LogP) is 4.25. The Labute approximate surface area is 234 Å². The molecule has 0 spiro atoms. The minimum absolute atomic E-state index is 0.0722. The summed E-state index contributed by atoms with van der Waals surface area (Å²) in [6.45, 7) is 2.77. The number of nitrogens with two attached hydrogens (primary N) is 1. The number of benzene rings is 3. The molecule has 0 saturated carbocycles. The van der Waals surface area contributed by atoms with Crippen LogP contribution in [-0.2, 0) is 16.0 Å². The number of primary amides is 1. The number of para-hydroxylation sites is 1. The van der Waals surface area contributed by atoms with Crippen molar-refractivity contribution in [1.29, 1.82) is 0 Å². The van der Waals surface area contributed by atoms with Crippen molar-refractivity contribution in [3.8, 4) is 11.1 Å². The summed E-state index contributed by atoms with van der Waals surface area (Å²) in [7, 11) is 0. The van der Waals surface area contributed by atoms with Gasteiger partial charge in [0.1, 0.15) is 5.82 Å². The highest BCUT2D eigenvalue weighted by atomic mass is 16.2. The summed E-state index contributed by atoms with van der Waals surface area (Å²) < 4.78 is 0. The molecule has 8 nitrogen and oxygen atoms in total. The van der Waals surface area contributed by atoms with Gasteiger partial charge in [0.05, 0.1) is 11.9 Å². The zero-order chi connectivity index (χ0) is 27.5. The maximum atomic E-state index is 13.3. The van der Waals surface area contributed by atoms with E-state index in [9.17, 15) is 9.59 Å². The predicted molar refractivity (Wildman–Crippen MR) is 158 cm³/mol. The number of carbonyl (C=O) groups is 2. The molecule has 0 aliphatic carbocycles. The summed E-state index contributed by atoms with van der Waals surface area (Å²) in [4.78, 5) is 38.9. The summed E-state index contributed by atoms with van der Waals surface area (Å²) in [6, 6.07) is 26.4. The molecule has 6 rings (SSSR count). The molecule has 3 aromatic carbocycles. The minimum Gasteiger partial charge on any atom is -0.369 e. The van der Waals surface area contributed by atoms with Crippen LogP contribution >= 0.6 is 0 Å². The average Bonchev–Trinajstić information content (AvgIpc) is 3.46. The van der Waals surface area contributed by atoms with Crippen molar-refractivity contribution in [2.45, 2.75) is 31.7 Å². The Morgan fingerprint density at radius 3 is 2.38 bits per heavy atom. The number of aromatic nitrogens is 2. The average molecular weight is 535 g/mol. The van der Waals surface area contributed by atoms with Crippen LogP contribution in [0.15, 0.2) is 78.9 Å². The molecule has 4 aromatic rings. The van der Waals surface area contributed by atoms with Gasteiger partial charge in [0.2, 0.25) is 17.8 Å². The van der Waals surface area contributed by atoms with E-state index in [2.05, 4.69) is 28.4 Å². The third-order valence-corrected chi connectivity index (χ3v) is 8.10. The number of nitrogens with zero attached hydrogens (tertiary/aromatic N) is 4. The fourth-order valence-corrected chi connectivity index (χ4v) is 5.88. The number of hydrogen-bond acceptors (Lipinski definition) is 6. The minimum atomic E-state index is -0.224. The Balaban J connectivity index is 1.15. The lowest BCUT2D eigenvalue weighted by Crippen LogP contribution is -2.39. The fourth-order valence-electron chi connectivity index (χ4n) is 5.88. The first-order valence-corrected chi connectivity index (χ1v) is 14.0. The van der Waals surface area contributed by atoms with E-state index in [1.165, 1.54) is 0 Å². The molecule has 0 bridgehead atoms. The number of carbonyl (C=O) groups excluding carboxylic acids is 2. The fraction of sp³-hybridized carbons (Fsp3) is 0.312. The highest BCUT2D eigenvalue weighted by Crippen LogP contribution is 2.30. The van der Waals surface area contributed by atoms with Gasteiger partial charge in [-0.3, -0.25) is 9.59 Å². The molecule has 1 aromatic heterocycles. The van der Waals surface area contributed by atoms with Crippen molar-refractivity contribution in [2.24, 2.45) is 11.7 Å². The molecule has 2 aliphatic rings. The standard InChI is InChI=1S/C32H34N6O2/c33-30(40)23-14-17-37(18-15-23)31-27-12-6-7-13-28(27)35-32(36-31)34-25-16-19-38(21-25)29(39)20-24-10-4-5-11-26(24)22-8-2-1-3-9-22/h1-13,23,25H,14-21H2,(H2,33,40)(H,34,35,36). The van der Waals surface area contributed by atoms with Gasteiger partial charge in [0.15, 0.2) is 0 Å². The van der Waals surface area contributed by atoms with Gasteiger partial charge in [-0.1, -0.05) is 66.7 Å². The first-order chi connectivity index (χ1) is 19.5. The number of amides is 2. The van der Waals surface area contributed by atoms with Crippen molar-refractivity contribution in [3.63, 3.8) is 0 Å². The van der Waals surface area contributed by atoms with Crippen LogP contribution in [0.1, 0.15) is 24.8 Å². The third-order valence-electron chi connectivity index (χ3n) is 8.10. The van der Waals surface area contributed by atoms with E-state index in [-0.39, 0.29) is 23.8 Å². The number of piperidine rings is 1. The van der Waals surface area contributed by atoms with Crippen molar-refractivity contribution in [1.82, 2.24) is 14.9 Å². The first kappa shape index (κ1) is 25.8. The Hall–Kier alpha value is -4.46. The second kappa shape index (κ2) is 11.3. The number of fused-ring (bicyclic) bond motifs is 1. The van der Waals surface area contributed by atoms with E-state index < -0.39 is 0 Å². The molecule has 0 radical (unpaired) electrons. The zero-order valence-electron chi connectivity index (χ0n) is 22.5. The van der Waals surface area contributed by atoms with Crippen LogP contribution in [0.2, 0.25) is 0 Å². The van der Waals surface area contributed by atoms with E-state index in [0.717, 1.165) is 65.8 Å². The molecule has 2 amide bonds. The second-order valence-corrected chi connectivity index (χ2v) is 10.7. The van der Waals surface area contributed by atoms with Crippen LogP contribution in [0.4, 0.5) is 11.8 Å². The molecular formula is C32H34N6O2. The van der Waals surface area contributed by atoms with E-state index in [1.807, 2.05) is 65.6 Å². The molecule has 2 fully saturated rings. The number of anilines is 2. The molecular weight excluding hydrogens is 500 g/mol. The van der Waals surface area contributed by atoms with Crippen LogP contribution < -0.4 is 16.0 Å². The van der Waals surface area contributed by atoms with Crippen LogP contribution in [-0.4, -0.2) is 58.9 Å². The van der Waals surface area contributed by atoms with Gasteiger partial charge < -0.3 is 20.9 Å². The lowest BCUT2D eigenvalue weighted by atomic mass is 9.96. The first-order valence-electron chi connectivity index (χ1n) is 14.0. The quantitative estimate of drug-likeness (QED) is 0.367. The van der Waals surface area contributed by atoms with Crippen LogP contribution in [0.3, 0.4) is 0 Å². The van der Waals surface area contributed by atoms with Crippen LogP contribution in [0.25, 0.3) is 22.0 Å². The van der Waals surface area contributed by atoms with E-state index >= 15 is 0 Å². The SMILES string of the molecule is NC(=O)C1CCN(c2nc(NC3CCN(C(=O)Cc4ccccc4-c4ccccc4)C3)nc3ccccc23)CC1. The number of rotatable bonds is 7. The summed E-state index contributed by atoms with van der Waals surface area (Å²) in [5.74, 6) is 1.27. The molecule has 3 heterocycles. The number of nitrogens with one attached hydrogen (secondary N) is 1. The van der Waals surface area contributed by atoms with Crippen molar-refractivity contribution in [2.75, 3.05) is 36.4 Å². The number of hydrogen-bond donors (Lipinski definition) is 2. The Morgan fingerprint density at radius 2 is 1.57 bits per heavy atom. The molecule has 2 saturated heterocycles. The van der Waals surface area contributed by atoms with E-state index in [1.54, 1.807) is 0 Å². The van der Waals surface area contributed by atoms with Gasteiger partial charge in [0, 0.05) is 43.5 Å². The van der Waals surface area contributed by atoms with Gasteiger partial charge in [-0.2, -0.15) is 4.98 Å². The zero-order valence-corrected chi connectivity index (χ0v) is 22.5. The lowest BCUT2D eigenvalue weighted by molar-refractivity contribution is -0.129. The third kappa shape index (κ3) is 5.47. The van der Waals surface area contributed by atoms with Gasteiger partial charge in [0.25, 0.3) is 0 Å². The Kier molecular flexibility index (Phi) is 7.31. The van der Waals surface area contributed by atoms with Crippen molar-refractivity contribution in [3.05, 3.63) is 84.4 Å². The highest BCUT2D eigenvalue weighted by Gasteiger charge is 2.29. The lowest BCUT2D eigenvalue weighted by Gasteiger charge is -2.32. The van der Waals surface area contributed by atoms with Gasteiger partial charge in [-0.25, -0.2) is 4.98 Å². The smallest absolute Gasteiger partial charge is 0.227 e. The van der Waals surface area contributed by atoms with E-state index in [0.29, 0.717) is 25.5 Å². The van der Waals surface area contributed by atoms with Crippen molar-refractivity contribution < 1.29 is 9.59 Å². The Morgan fingerprint density at radius 1 is 0.850 bits per heavy atom. The maximum absolute atomic E-state index is 13.3. The summed E-state index contributed by atoms with van der Waals surface area (Å²) in [6.07, 6.45) is 2.66. The molecule has 2 aliphatic heterocycles. The molecule has 3 N–H and O–H groups in total. The van der Waals surface area contributed by atoms with Crippen molar-refractivity contribution >= 4 is 34.5 Å². The largest absolute Gasteiger partial charge is 0.369 e. The molecule has 204 valence electrons. The summed E-state index contributed by atoms with van der Waals surface area (Å²) in [5, 5.41) is 4.50. The summed E-state index contributed by atoms with van der Waals surface area (Å²) >= 11 is 0. The maximum Gasteiger partial charge on any atom is 0.227 e. The normalized spacial score (nSPS) is 17.8. The number of likely N-dealkylation sites (tertiary alicyclic amines) is 1. The van der Waals surface area contributed by atoms with Gasteiger partial charge in [-0.05, 0) is 48.1 Å². The van der Waals surface area contributed by atoms with Gasteiger partial charge >= 0.3 is 0 Å². The van der Waals surface area contributed by atoms with Crippen LogP contribution in [0, 0.1) is 5.92 Å². The molecule has 8 heteroatoms. The second-order valence-electron chi connectivity index (χ2n) is 10.7. The monoisotopic (exact) mass is 534 g/mol. The Bertz CT molecular complexity index is 1520. The molecule has 40 heavy (non-hydrogen) atoms. The summed E-state index contributed by atoms with van der Waals surface area (Å²) in [5.41, 5.74) is 9.68. The highest BCUT2D eigenvalue weighted by molar-refractivity contribution is 5.91. The van der Waals surface area contributed by atoms with E-state index in [4.69, 9.17) is 15.7 Å². The topological polar surface area (TPSA) is 104 Å². The van der Waals surface area contributed by atoms with Crippen LogP contribution in [0.5, 0.6) is 0 Å². The van der Waals surface area contributed by atoms with Gasteiger partial charge in [-0.15, -0.1) is 0 Å². The molecule has 1 atom stereocenters. The molecule has 1 unspecified atom stereocenters.